The van der Waals surface area contributed by atoms with Gasteiger partial charge in [0.25, 0.3) is 5.91 Å². The maximum atomic E-state index is 12.1. The fraction of sp³-hybridized carbons (Fsp3) is 0.0556. The number of amides is 1. The molecule has 0 bridgehead atoms. The second-order valence-corrected chi connectivity index (χ2v) is 4.51. The van der Waals surface area contributed by atoms with Gasteiger partial charge in [-0.15, -0.1) is 0 Å². The van der Waals surface area contributed by atoms with Gasteiger partial charge in [-0.1, -0.05) is 55.1 Å². The molecule has 0 heterocycles. The van der Waals surface area contributed by atoms with E-state index in [1.165, 1.54) is 0 Å². The van der Waals surface area contributed by atoms with Crippen molar-refractivity contribution in [3.8, 4) is 0 Å². The largest absolute Gasteiger partial charge is 0.305 e. The zero-order chi connectivity index (χ0) is 15.8. The lowest BCUT2D eigenvalue weighted by Crippen LogP contribution is -2.31. The standard InChI is InChI=1S/C18H17N3O/c1-14(20-13-15-9-5-3-6-10-15)17(19-2)21-18(22)16-11-7-4-8-12-16/h3-13H,1H2,2H3,(H,19,21,22). The van der Waals surface area contributed by atoms with Crippen LogP contribution < -0.4 is 5.32 Å². The molecule has 0 aliphatic rings. The number of nitrogens with zero attached hydrogens (tertiary/aromatic N) is 2. The van der Waals surface area contributed by atoms with E-state index < -0.39 is 0 Å². The Balaban J connectivity index is 2.04. The molecule has 0 aliphatic carbocycles. The summed E-state index contributed by atoms with van der Waals surface area (Å²) in [4.78, 5) is 20.4. The Morgan fingerprint density at radius 3 is 2.23 bits per heavy atom. The van der Waals surface area contributed by atoms with E-state index in [9.17, 15) is 4.79 Å². The first-order valence-electron chi connectivity index (χ1n) is 6.82. The number of benzene rings is 2. The number of nitrogens with one attached hydrogen (secondary N) is 1. The Hall–Kier alpha value is -3.01. The van der Waals surface area contributed by atoms with Crippen LogP contribution in [0.15, 0.2) is 82.9 Å². The third-order valence-corrected chi connectivity index (χ3v) is 2.93. The molecular weight excluding hydrogens is 274 g/mol. The van der Waals surface area contributed by atoms with Gasteiger partial charge >= 0.3 is 0 Å². The van der Waals surface area contributed by atoms with E-state index in [0.717, 1.165) is 5.56 Å². The average molecular weight is 291 g/mol. The van der Waals surface area contributed by atoms with E-state index in [1.807, 2.05) is 36.4 Å². The van der Waals surface area contributed by atoms with Crippen molar-refractivity contribution >= 4 is 18.0 Å². The summed E-state index contributed by atoms with van der Waals surface area (Å²) in [7, 11) is 1.59. The van der Waals surface area contributed by atoms with Gasteiger partial charge in [-0.25, -0.2) is 0 Å². The Kier molecular flexibility index (Phi) is 5.37. The Bertz CT molecular complexity index is 704. The van der Waals surface area contributed by atoms with Crippen molar-refractivity contribution in [3.63, 3.8) is 0 Å². The van der Waals surface area contributed by atoms with Gasteiger partial charge in [0, 0.05) is 18.8 Å². The highest BCUT2D eigenvalue weighted by Gasteiger charge is 2.09. The quantitative estimate of drug-likeness (QED) is 0.683. The van der Waals surface area contributed by atoms with Crippen molar-refractivity contribution in [1.82, 2.24) is 5.32 Å². The van der Waals surface area contributed by atoms with Gasteiger partial charge in [-0.05, 0) is 17.7 Å². The molecule has 0 fully saturated rings. The summed E-state index contributed by atoms with van der Waals surface area (Å²) in [5, 5.41) is 2.72. The highest BCUT2D eigenvalue weighted by atomic mass is 16.1. The maximum Gasteiger partial charge on any atom is 0.256 e. The molecule has 0 spiro atoms. The van der Waals surface area contributed by atoms with E-state index >= 15 is 0 Å². The van der Waals surface area contributed by atoms with E-state index in [2.05, 4.69) is 21.9 Å². The summed E-state index contributed by atoms with van der Waals surface area (Å²) in [6.07, 6.45) is 1.68. The van der Waals surface area contributed by atoms with Crippen LogP contribution in [-0.4, -0.2) is 25.0 Å². The Morgan fingerprint density at radius 1 is 1.05 bits per heavy atom. The number of aliphatic imine (C=N–C) groups is 2. The molecule has 110 valence electrons. The molecule has 1 amide bonds. The molecule has 0 unspecified atom stereocenters. The minimum absolute atomic E-state index is 0.239. The van der Waals surface area contributed by atoms with Crippen LogP contribution in [0.4, 0.5) is 0 Å². The van der Waals surface area contributed by atoms with Gasteiger partial charge < -0.3 is 5.32 Å². The van der Waals surface area contributed by atoms with Crippen LogP contribution in [0, 0.1) is 0 Å². The van der Waals surface area contributed by atoms with Crippen LogP contribution in [-0.2, 0) is 0 Å². The smallest absolute Gasteiger partial charge is 0.256 e. The first-order chi connectivity index (χ1) is 10.7. The lowest BCUT2D eigenvalue weighted by Gasteiger charge is -2.07. The highest BCUT2D eigenvalue weighted by molar-refractivity contribution is 6.12. The zero-order valence-electron chi connectivity index (χ0n) is 12.4. The topological polar surface area (TPSA) is 53.8 Å². The van der Waals surface area contributed by atoms with Crippen molar-refractivity contribution in [1.29, 1.82) is 0 Å². The minimum atomic E-state index is -0.239. The van der Waals surface area contributed by atoms with Crippen molar-refractivity contribution in [2.75, 3.05) is 7.05 Å². The van der Waals surface area contributed by atoms with Crippen molar-refractivity contribution < 1.29 is 4.79 Å². The fourth-order valence-corrected chi connectivity index (χ4v) is 1.78. The molecule has 0 saturated heterocycles. The van der Waals surface area contributed by atoms with Gasteiger partial charge in [0.2, 0.25) is 0 Å². The average Bonchev–Trinajstić information content (AvgIpc) is 2.59. The highest BCUT2D eigenvalue weighted by Crippen LogP contribution is 2.02. The van der Waals surface area contributed by atoms with Crippen LogP contribution in [0.2, 0.25) is 0 Å². The third-order valence-electron chi connectivity index (χ3n) is 2.93. The molecule has 2 aromatic rings. The number of carbonyl (C=O) groups excluding carboxylic acids is 1. The number of rotatable bonds is 4. The van der Waals surface area contributed by atoms with E-state index in [4.69, 9.17) is 0 Å². The van der Waals surface area contributed by atoms with Gasteiger partial charge in [0.1, 0.15) is 0 Å². The number of hydrogen-bond donors (Lipinski definition) is 1. The van der Waals surface area contributed by atoms with E-state index in [0.29, 0.717) is 17.1 Å². The van der Waals surface area contributed by atoms with Gasteiger partial charge in [-0.3, -0.25) is 14.8 Å². The predicted octanol–water partition coefficient (Wildman–Crippen LogP) is 3.08. The number of hydrogen-bond acceptors (Lipinski definition) is 3. The van der Waals surface area contributed by atoms with Crippen LogP contribution in [0.25, 0.3) is 0 Å². The molecule has 1 N–H and O–H groups in total. The summed E-state index contributed by atoms with van der Waals surface area (Å²) >= 11 is 0. The lowest BCUT2D eigenvalue weighted by molar-refractivity contribution is 0.0977. The predicted molar refractivity (Wildman–Crippen MR) is 90.4 cm³/mol. The Labute approximate surface area is 129 Å². The summed E-state index contributed by atoms with van der Waals surface area (Å²) in [5.74, 6) is 0.110. The molecule has 2 rings (SSSR count). The van der Waals surface area contributed by atoms with E-state index in [-0.39, 0.29) is 5.91 Å². The summed E-state index contributed by atoms with van der Waals surface area (Å²) in [5.41, 5.74) is 1.91. The van der Waals surface area contributed by atoms with E-state index in [1.54, 1.807) is 37.5 Å². The number of carbonyl (C=O) groups is 1. The molecule has 0 aromatic heterocycles. The van der Waals surface area contributed by atoms with Crippen LogP contribution in [0.5, 0.6) is 0 Å². The summed E-state index contributed by atoms with van der Waals surface area (Å²) < 4.78 is 0. The second kappa shape index (κ2) is 7.69. The molecular formula is C18H17N3O. The second-order valence-electron chi connectivity index (χ2n) is 4.51. The first-order valence-corrected chi connectivity index (χ1v) is 6.82. The third kappa shape index (κ3) is 4.24. The molecule has 4 nitrogen and oxygen atoms in total. The van der Waals surface area contributed by atoms with Crippen molar-refractivity contribution in [3.05, 3.63) is 84.1 Å². The fourth-order valence-electron chi connectivity index (χ4n) is 1.78. The SMILES string of the molecule is C=C(N=Cc1ccccc1)C(=NC)NC(=O)c1ccccc1. The Morgan fingerprint density at radius 2 is 1.64 bits per heavy atom. The zero-order valence-corrected chi connectivity index (χ0v) is 12.4. The number of amidine groups is 1. The first kappa shape index (κ1) is 15.4. The van der Waals surface area contributed by atoms with Crippen LogP contribution >= 0.6 is 0 Å². The molecule has 2 aromatic carbocycles. The maximum absolute atomic E-state index is 12.1. The lowest BCUT2D eigenvalue weighted by atomic mass is 10.2. The van der Waals surface area contributed by atoms with Crippen molar-refractivity contribution in [2.24, 2.45) is 9.98 Å². The van der Waals surface area contributed by atoms with Gasteiger partial charge in [-0.2, -0.15) is 0 Å². The molecule has 0 aliphatic heterocycles. The van der Waals surface area contributed by atoms with Crippen LogP contribution in [0.3, 0.4) is 0 Å². The van der Waals surface area contributed by atoms with Gasteiger partial charge in [0.15, 0.2) is 5.84 Å². The minimum Gasteiger partial charge on any atom is -0.305 e. The van der Waals surface area contributed by atoms with Crippen molar-refractivity contribution in [2.45, 2.75) is 0 Å². The normalized spacial score (nSPS) is 11.4. The molecule has 0 atom stereocenters. The monoisotopic (exact) mass is 291 g/mol. The summed E-state index contributed by atoms with van der Waals surface area (Å²) in [6.45, 7) is 3.84. The van der Waals surface area contributed by atoms with Crippen LogP contribution in [0.1, 0.15) is 15.9 Å². The van der Waals surface area contributed by atoms with Gasteiger partial charge in [0.05, 0.1) is 5.70 Å². The molecule has 0 radical (unpaired) electrons. The molecule has 0 saturated carbocycles. The molecule has 4 heteroatoms. The molecule has 22 heavy (non-hydrogen) atoms. The summed E-state index contributed by atoms with van der Waals surface area (Å²) in [6, 6.07) is 18.6.